The molecule has 6 nitrogen and oxygen atoms in total. The van der Waals surface area contributed by atoms with Gasteiger partial charge in [0.2, 0.25) is 0 Å². The van der Waals surface area contributed by atoms with Crippen LogP contribution in [0.3, 0.4) is 0 Å². The molecular weight excluding hydrogens is 342 g/mol. The van der Waals surface area contributed by atoms with Crippen LogP contribution in [0.15, 0.2) is 24.3 Å². The van der Waals surface area contributed by atoms with E-state index in [4.69, 9.17) is 22.1 Å². The van der Waals surface area contributed by atoms with Crippen molar-refractivity contribution in [2.45, 2.75) is 45.4 Å². The number of benzene rings is 1. The highest BCUT2D eigenvalue weighted by molar-refractivity contribution is 6.30. The summed E-state index contributed by atoms with van der Waals surface area (Å²) in [6, 6.07) is 6.75. The minimum atomic E-state index is -0.541. The van der Waals surface area contributed by atoms with Crippen molar-refractivity contribution >= 4 is 23.6 Å². The van der Waals surface area contributed by atoms with Crippen LogP contribution in [-0.4, -0.2) is 41.8 Å². The van der Waals surface area contributed by atoms with Crippen LogP contribution in [0.5, 0.6) is 0 Å². The molecule has 2 amide bonds. The molecule has 138 valence electrons. The average Bonchev–Trinajstić information content (AvgIpc) is 2.51. The number of carbonyl (C=O) groups is 2. The molecule has 0 spiro atoms. The first-order chi connectivity index (χ1) is 11.7. The van der Waals surface area contributed by atoms with Crippen molar-refractivity contribution in [3.05, 3.63) is 34.9 Å². The van der Waals surface area contributed by atoms with E-state index in [1.54, 1.807) is 29.2 Å². The number of piperidine rings is 1. The minimum Gasteiger partial charge on any atom is -0.444 e. The highest BCUT2D eigenvalue weighted by Crippen LogP contribution is 2.22. The lowest BCUT2D eigenvalue weighted by molar-refractivity contribution is 0.00549. The second-order valence-corrected chi connectivity index (χ2v) is 7.78. The number of hydrogen-bond acceptors (Lipinski definition) is 4. The first kappa shape index (κ1) is 19.5. The van der Waals surface area contributed by atoms with E-state index in [0.717, 1.165) is 6.42 Å². The van der Waals surface area contributed by atoms with Gasteiger partial charge in [0.05, 0.1) is 6.17 Å². The molecule has 2 unspecified atom stereocenters. The molecule has 1 aliphatic rings. The Balaban J connectivity index is 1.81. The molecule has 3 N–H and O–H groups in total. The molecular formula is C18H26ClN3O3. The number of likely N-dealkylation sites (tertiary alicyclic amines) is 1. The van der Waals surface area contributed by atoms with Crippen LogP contribution in [0, 0.1) is 5.92 Å². The van der Waals surface area contributed by atoms with Crippen LogP contribution < -0.4 is 11.1 Å². The molecule has 0 aliphatic carbocycles. The Labute approximate surface area is 153 Å². The molecule has 1 aliphatic heterocycles. The summed E-state index contributed by atoms with van der Waals surface area (Å²) in [5, 5.41) is 3.51. The van der Waals surface area contributed by atoms with Crippen molar-refractivity contribution in [2.75, 3.05) is 13.1 Å². The second kappa shape index (κ2) is 8.06. The van der Waals surface area contributed by atoms with Gasteiger partial charge in [-0.1, -0.05) is 11.6 Å². The number of rotatable bonds is 3. The SMILES string of the molecule is CC(C)(C)OC(=O)N1CCC(CNC(=O)c2ccc(Cl)cc2)CC1N. The number of halogens is 1. The summed E-state index contributed by atoms with van der Waals surface area (Å²) in [6.45, 7) is 6.54. The smallest absolute Gasteiger partial charge is 0.411 e. The molecule has 0 bridgehead atoms. The number of nitrogens with one attached hydrogen (secondary N) is 1. The first-order valence-corrected chi connectivity index (χ1v) is 8.82. The summed E-state index contributed by atoms with van der Waals surface area (Å²) in [5.41, 5.74) is 6.15. The van der Waals surface area contributed by atoms with E-state index in [9.17, 15) is 9.59 Å². The highest BCUT2D eigenvalue weighted by atomic mass is 35.5. The molecule has 0 saturated carbocycles. The van der Waals surface area contributed by atoms with Crippen LogP contribution in [0.2, 0.25) is 5.02 Å². The van der Waals surface area contributed by atoms with E-state index < -0.39 is 11.8 Å². The fraction of sp³-hybridized carbons (Fsp3) is 0.556. The Bertz CT molecular complexity index is 613. The molecule has 1 heterocycles. The van der Waals surface area contributed by atoms with Crippen molar-refractivity contribution in [1.29, 1.82) is 0 Å². The maximum Gasteiger partial charge on any atom is 0.411 e. The molecule has 1 fully saturated rings. The molecule has 1 saturated heterocycles. The van der Waals surface area contributed by atoms with Crippen molar-refractivity contribution in [2.24, 2.45) is 11.7 Å². The predicted molar refractivity (Wildman–Crippen MR) is 97.4 cm³/mol. The van der Waals surface area contributed by atoms with Crippen LogP contribution in [-0.2, 0) is 4.74 Å². The first-order valence-electron chi connectivity index (χ1n) is 8.44. The Hall–Kier alpha value is -1.79. The molecule has 25 heavy (non-hydrogen) atoms. The highest BCUT2D eigenvalue weighted by Gasteiger charge is 2.32. The standard InChI is InChI=1S/C18H26ClN3O3/c1-18(2,3)25-17(24)22-9-8-12(10-15(22)20)11-21-16(23)13-4-6-14(19)7-5-13/h4-7,12,15H,8-11,20H2,1-3H3,(H,21,23). The topological polar surface area (TPSA) is 84.7 Å². The third kappa shape index (κ3) is 5.90. The number of nitrogens with two attached hydrogens (primary N) is 1. The van der Waals surface area contributed by atoms with Crippen molar-refractivity contribution in [3.63, 3.8) is 0 Å². The maximum absolute atomic E-state index is 12.2. The molecule has 2 atom stereocenters. The molecule has 2 rings (SSSR count). The summed E-state index contributed by atoms with van der Waals surface area (Å²) < 4.78 is 5.37. The van der Waals surface area contributed by atoms with E-state index >= 15 is 0 Å². The zero-order valence-electron chi connectivity index (χ0n) is 14.9. The second-order valence-electron chi connectivity index (χ2n) is 7.35. The van der Waals surface area contributed by atoms with Crippen LogP contribution >= 0.6 is 11.6 Å². The third-order valence-electron chi connectivity index (χ3n) is 4.04. The maximum atomic E-state index is 12.2. The molecule has 1 aromatic rings. The van der Waals surface area contributed by atoms with Crippen LogP contribution in [0.4, 0.5) is 4.79 Å². The number of hydrogen-bond donors (Lipinski definition) is 2. The Kier molecular flexibility index (Phi) is 6.30. The van der Waals surface area contributed by atoms with Gasteiger partial charge < -0.3 is 15.8 Å². The zero-order chi connectivity index (χ0) is 18.6. The molecule has 1 aromatic carbocycles. The number of carbonyl (C=O) groups excluding carboxylic acids is 2. The van der Waals surface area contributed by atoms with E-state index in [1.807, 2.05) is 20.8 Å². The largest absolute Gasteiger partial charge is 0.444 e. The van der Waals surface area contributed by atoms with Crippen molar-refractivity contribution in [3.8, 4) is 0 Å². The Morgan fingerprint density at radius 2 is 1.96 bits per heavy atom. The van der Waals surface area contributed by atoms with Gasteiger partial charge in [-0.2, -0.15) is 0 Å². The Morgan fingerprint density at radius 1 is 1.32 bits per heavy atom. The number of nitrogens with zero attached hydrogens (tertiary/aromatic N) is 1. The summed E-state index contributed by atoms with van der Waals surface area (Å²) in [6.07, 6.45) is 0.609. The van der Waals surface area contributed by atoms with Gasteiger partial charge in [0.25, 0.3) is 5.91 Å². The van der Waals surface area contributed by atoms with Crippen molar-refractivity contribution < 1.29 is 14.3 Å². The predicted octanol–water partition coefficient (Wildman–Crippen LogP) is 3.00. The monoisotopic (exact) mass is 367 g/mol. The summed E-state index contributed by atoms with van der Waals surface area (Å²) >= 11 is 5.82. The van der Waals surface area contributed by atoms with Gasteiger partial charge in [0, 0.05) is 23.7 Å². The fourth-order valence-corrected chi connectivity index (χ4v) is 2.87. The number of amides is 2. The van der Waals surface area contributed by atoms with Crippen LogP contribution in [0.25, 0.3) is 0 Å². The molecule has 7 heteroatoms. The normalized spacial score (nSPS) is 20.9. The zero-order valence-corrected chi connectivity index (χ0v) is 15.7. The van der Waals surface area contributed by atoms with Gasteiger partial charge in [0.15, 0.2) is 0 Å². The summed E-state index contributed by atoms with van der Waals surface area (Å²) in [4.78, 5) is 25.9. The van der Waals surface area contributed by atoms with Crippen molar-refractivity contribution in [1.82, 2.24) is 10.2 Å². The lowest BCUT2D eigenvalue weighted by atomic mass is 9.94. The van der Waals surface area contributed by atoms with Gasteiger partial charge >= 0.3 is 6.09 Å². The van der Waals surface area contributed by atoms with E-state index in [-0.39, 0.29) is 17.9 Å². The lowest BCUT2D eigenvalue weighted by Gasteiger charge is -2.38. The quantitative estimate of drug-likeness (QED) is 0.860. The summed E-state index contributed by atoms with van der Waals surface area (Å²) in [7, 11) is 0. The van der Waals surface area contributed by atoms with Gasteiger partial charge in [-0.3, -0.25) is 9.69 Å². The molecule has 0 radical (unpaired) electrons. The lowest BCUT2D eigenvalue weighted by Crippen LogP contribution is -2.53. The van der Waals surface area contributed by atoms with Gasteiger partial charge in [-0.15, -0.1) is 0 Å². The van der Waals surface area contributed by atoms with Gasteiger partial charge in [0.1, 0.15) is 5.60 Å². The Morgan fingerprint density at radius 3 is 2.52 bits per heavy atom. The third-order valence-corrected chi connectivity index (χ3v) is 4.29. The summed E-state index contributed by atoms with van der Waals surface area (Å²) in [5.74, 6) is 0.0877. The van der Waals surface area contributed by atoms with Gasteiger partial charge in [-0.05, 0) is 63.8 Å². The number of ether oxygens (including phenoxy) is 1. The average molecular weight is 368 g/mol. The fourth-order valence-electron chi connectivity index (χ4n) is 2.75. The van der Waals surface area contributed by atoms with E-state index in [0.29, 0.717) is 30.1 Å². The van der Waals surface area contributed by atoms with E-state index in [2.05, 4.69) is 5.32 Å². The van der Waals surface area contributed by atoms with E-state index in [1.165, 1.54) is 0 Å². The van der Waals surface area contributed by atoms with Crippen LogP contribution in [0.1, 0.15) is 44.0 Å². The molecule has 0 aromatic heterocycles. The van der Waals surface area contributed by atoms with Gasteiger partial charge in [-0.25, -0.2) is 4.79 Å². The minimum absolute atomic E-state index is 0.139.